The number of Topliss-reactive ketones (excluding diaryl/α,β-unsaturated/α-hetero) is 1. The highest BCUT2D eigenvalue weighted by molar-refractivity contribution is 5.93. The molecule has 1 aromatic carbocycles. The van der Waals surface area contributed by atoms with E-state index < -0.39 is 11.7 Å². The zero-order valence-electron chi connectivity index (χ0n) is 17.1. The predicted octanol–water partition coefficient (Wildman–Crippen LogP) is 2.92. The van der Waals surface area contributed by atoms with Gasteiger partial charge in [0, 0.05) is 50.4 Å². The fraction of sp³-hybridized carbons (Fsp3) is 0.409. The Bertz CT molecular complexity index is 991. The first-order valence-electron chi connectivity index (χ1n) is 10.1. The van der Waals surface area contributed by atoms with Crippen molar-refractivity contribution in [2.75, 3.05) is 36.4 Å². The summed E-state index contributed by atoms with van der Waals surface area (Å²) in [7, 11) is 0. The molecule has 6 nitrogen and oxygen atoms in total. The molecule has 1 amide bonds. The molecule has 0 bridgehead atoms. The molecule has 0 unspecified atom stereocenters. The number of carbonyl (C=O) groups excluding carboxylic acids is 2. The van der Waals surface area contributed by atoms with Crippen molar-refractivity contribution in [3.8, 4) is 0 Å². The van der Waals surface area contributed by atoms with Gasteiger partial charge in [-0.3, -0.25) is 14.5 Å². The van der Waals surface area contributed by atoms with Gasteiger partial charge in [-0.15, -0.1) is 0 Å². The molecule has 1 saturated heterocycles. The van der Waals surface area contributed by atoms with Crippen LogP contribution in [-0.4, -0.2) is 53.8 Å². The van der Waals surface area contributed by atoms with Crippen molar-refractivity contribution < 1.29 is 22.8 Å². The Kier molecular flexibility index (Phi) is 5.70. The lowest BCUT2D eigenvalue weighted by Gasteiger charge is -2.40. The number of nitrogens with zero attached hydrogens (tertiary/aromatic N) is 3. The van der Waals surface area contributed by atoms with Crippen molar-refractivity contribution in [2.24, 2.45) is 0 Å². The van der Waals surface area contributed by atoms with Crippen LogP contribution in [0.25, 0.3) is 0 Å². The highest BCUT2D eigenvalue weighted by Gasteiger charge is 2.31. The van der Waals surface area contributed by atoms with Crippen LogP contribution < -0.4 is 10.2 Å². The highest BCUT2D eigenvalue weighted by Crippen LogP contribution is 2.29. The number of hydrogen-bond donors (Lipinski definition) is 1. The lowest BCUT2D eigenvalue weighted by Crippen LogP contribution is -2.54. The van der Waals surface area contributed by atoms with Crippen LogP contribution in [-0.2, 0) is 28.6 Å². The molecule has 31 heavy (non-hydrogen) atoms. The number of rotatable bonds is 4. The van der Waals surface area contributed by atoms with Crippen LogP contribution in [0.3, 0.4) is 0 Å². The number of carbonyl (C=O) groups is 2. The van der Waals surface area contributed by atoms with Gasteiger partial charge in [-0.05, 0) is 42.3 Å². The topological polar surface area (TPSA) is 65.5 Å². The monoisotopic (exact) mass is 432 g/mol. The van der Waals surface area contributed by atoms with Crippen LogP contribution in [0.1, 0.15) is 23.6 Å². The molecule has 1 N–H and O–H groups in total. The van der Waals surface area contributed by atoms with Gasteiger partial charge in [0.25, 0.3) is 0 Å². The van der Waals surface area contributed by atoms with E-state index >= 15 is 0 Å². The van der Waals surface area contributed by atoms with Crippen molar-refractivity contribution in [2.45, 2.75) is 32.0 Å². The average molecular weight is 432 g/mol. The summed E-state index contributed by atoms with van der Waals surface area (Å²) >= 11 is 0. The van der Waals surface area contributed by atoms with Crippen molar-refractivity contribution in [1.82, 2.24) is 9.88 Å². The number of anilines is 2. The number of halogens is 3. The van der Waals surface area contributed by atoms with Gasteiger partial charge >= 0.3 is 6.18 Å². The van der Waals surface area contributed by atoms with Crippen LogP contribution >= 0.6 is 0 Å². The van der Waals surface area contributed by atoms with E-state index in [-0.39, 0.29) is 24.3 Å². The number of ketones is 1. The third-order valence-corrected chi connectivity index (χ3v) is 5.78. The summed E-state index contributed by atoms with van der Waals surface area (Å²) in [6.07, 6.45) is -2.68. The smallest absolute Gasteiger partial charge is 0.354 e. The molecule has 0 radical (unpaired) electrons. The van der Waals surface area contributed by atoms with E-state index in [4.69, 9.17) is 0 Å². The third kappa shape index (κ3) is 4.87. The maximum atomic E-state index is 12.7. The minimum Gasteiger partial charge on any atom is -0.354 e. The van der Waals surface area contributed by atoms with E-state index in [0.29, 0.717) is 44.0 Å². The second kappa shape index (κ2) is 8.30. The lowest BCUT2D eigenvalue weighted by atomic mass is 10.1. The van der Waals surface area contributed by atoms with Gasteiger partial charge in [-0.25, -0.2) is 4.98 Å². The molecule has 9 heteroatoms. The molecule has 4 rings (SSSR count). The van der Waals surface area contributed by atoms with Gasteiger partial charge in [0.1, 0.15) is 11.6 Å². The minimum absolute atomic E-state index is 0.0289. The largest absolute Gasteiger partial charge is 0.417 e. The van der Waals surface area contributed by atoms with E-state index in [0.717, 1.165) is 23.4 Å². The van der Waals surface area contributed by atoms with Crippen LogP contribution in [0.5, 0.6) is 0 Å². The quantitative estimate of drug-likeness (QED) is 0.805. The van der Waals surface area contributed by atoms with E-state index in [2.05, 4.69) is 10.3 Å². The Balaban J connectivity index is 1.31. The molecule has 1 aromatic heterocycles. The van der Waals surface area contributed by atoms with Crippen LogP contribution in [0.15, 0.2) is 36.5 Å². The van der Waals surface area contributed by atoms with Gasteiger partial charge in [-0.2, -0.15) is 13.2 Å². The number of amides is 1. The summed E-state index contributed by atoms with van der Waals surface area (Å²) in [4.78, 5) is 32.0. The first kappa shape index (κ1) is 21.3. The van der Waals surface area contributed by atoms with Crippen molar-refractivity contribution in [3.05, 3.63) is 53.2 Å². The lowest BCUT2D eigenvalue weighted by molar-refractivity contribution is -0.137. The summed E-state index contributed by atoms with van der Waals surface area (Å²) in [5.41, 5.74) is 1.90. The molecule has 164 valence electrons. The highest BCUT2D eigenvalue weighted by atomic mass is 19.4. The number of nitrogens with one attached hydrogen (secondary N) is 1. The van der Waals surface area contributed by atoms with Gasteiger partial charge < -0.3 is 10.2 Å². The molecular weight excluding hydrogens is 409 g/mol. The SMILES string of the molecule is C[C@@H]1CN(c2ccc(C(F)(F)F)cn2)CCN1CC(=O)Nc1ccc2c(c1)CC(=O)C2. The number of fused-ring (bicyclic) bond motifs is 1. The zero-order valence-corrected chi connectivity index (χ0v) is 17.1. The molecule has 2 aromatic rings. The Morgan fingerprint density at radius 2 is 1.94 bits per heavy atom. The summed E-state index contributed by atoms with van der Waals surface area (Å²) < 4.78 is 38.2. The molecule has 2 aliphatic rings. The first-order valence-corrected chi connectivity index (χ1v) is 10.1. The molecule has 2 heterocycles. The minimum atomic E-state index is -4.40. The number of benzene rings is 1. The van der Waals surface area contributed by atoms with Gasteiger partial charge in [-0.1, -0.05) is 6.07 Å². The van der Waals surface area contributed by atoms with Crippen LogP contribution in [0, 0.1) is 0 Å². The Labute approximate surface area is 178 Å². The van der Waals surface area contributed by atoms with Crippen molar-refractivity contribution in [1.29, 1.82) is 0 Å². The normalized spacial score (nSPS) is 19.4. The number of hydrogen-bond acceptors (Lipinski definition) is 5. The maximum absolute atomic E-state index is 12.7. The maximum Gasteiger partial charge on any atom is 0.417 e. The molecule has 0 saturated carbocycles. The number of aromatic nitrogens is 1. The fourth-order valence-electron chi connectivity index (χ4n) is 4.09. The fourth-order valence-corrected chi connectivity index (χ4v) is 4.09. The van der Waals surface area contributed by atoms with Crippen LogP contribution in [0.2, 0.25) is 0 Å². The summed E-state index contributed by atoms with van der Waals surface area (Å²) in [5.74, 6) is 0.543. The molecule has 1 atom stereocenters. The third-order valence-electron chi connectivity index (χ3n) is 5.78. The Hall–Kier alpha value is -2.94. The molecule has 1 aliphatic carbocycles. The first-order chi connectivity index (χ1) is 14.7. The molecular formula is C22H23F3N4O2. The molecule has 1 fully saturated rings. The summed E-state index contributed by atoms with van der Waals surface area (Å²) in [5, 5.41) is 2.89. The summed E-state index contributed by atoms with van der Waals surface area (Å²) in [6, 6.07) is 8.01. The van der Waals surface area contributed by atoms with Crippen LogP contribution in [0.4, 0.5) is 24.7 Å². The van der Waals surface area contributed by atoms with E-state index in [9.17, 15) is 22.8 Å². The van der Waals surface area contributed by atoms with Crippen molar-refractivity contribution >= 4 is 23.2 Å². The predicted molar refractivity (Wildman–Crippen MR) is 110 cm³/mol. The van der Waals surface area contributed by atoms with Gasteiger partial charge in [0.2, 0.25) is 5.91 Å². The molecule has 0 spiro atoms. The summed E-state index contributed by atoms with van der Waals surface area (Å²) in [6.45, 7) is 3.91. The van der Waals surface area contributed by atoms with E-state index in [1.165, 1.54) is 6.07 Å². The van der Waals surface area contributed by atoms with E-state index in [1.54, 1.807) is 0 Å². The van der Waals surface area contributed by atoms with Gasteiger partial charge in [0.15, 0.2) is 0 Å². The second-order valence-electron chi connectivity index (χ2n) is 8.09. The van der Waals surface area contributed by atoms with E-state index in [1.807, 2.05) is 34.9 Å². The number of piperazine rings is 1. The van der Waals surface area contributed by atoms with Gasteiger partial charge in [0.05, 0.1) is 12.1 Å². The average Bonchev–Trinajstić information content (AvgIpc) is 3.08. The Morgan fingerprint density at radius 3 is 2.61 bits per heavy atom. The zero-order chi connectivity index (χ0) is 22.2. The number of pyridine rings is 1. The number of alkyl halides is 3. The standard InChI is InChI=1S/C22H23F3N4O2/c1-14-12-29(20-5-3-17(11-26-20)22(23,24)25)7-6-28(14)13-21(31)27-18-4-2-15-9-19(30)10-16(15)8-18/h2-5,8,11,14H,6-7,9-10,12-13H2,1H3,(H,27,31)/t14-/m1/s1. The molecule has 1 aliphatic heterocycles. The second-order valence-corrected chi connectivity index (χ2v) is 8.09. The van der Waals surface area contributed by atoms with Crippen molar-refractivity contribution in [3.63, 3.8) is 0 Å². The Morgan fingerprint density at radius 1 is 1.16 bits per heavy atom.